The third-order valence-electron chi connectivity index (χ3n) is 3.16. The van der Waals surface area contributed by atoms with E-state index >= 15 is 0 Å². The zero-order valence-corrected chi connectivity index (χ0v) is 12.0. The summed E-state index contributed by atoms with van der Waals surface area (Å²) < 4.78 is 13.3. The number of aromatic hydroxyl groups is 1. The van der Waals surface area contributed by atoms with Crippen LogP contribution in [0.3, 0.4) is 0 Å². The van der Waals surface area contributed by atoms with E-state index in [2.05, 4.69) is 0 Å². The summed E-state index contributed by atoms with van der Waals surface area (Å²) in [6, 6.07) is 3.31. The minimum atomic E-state index is -0.952. The van der Waals surface area contributed by atoms with Gasteiger partial charge < -0.3 is 15.1 Å². The van der Waals surface area contributed by atoms with E-state index in [-0.39, 0.29) is 18.3 Å². The van der Waals surface area contributed by atoms with Crippen LogP contribution in [0.25, 0.3) is 0 Å². The van der Waals surface area contributed by atoms with E-state index in [9.17, 15) is 14.3 Å². The molecule has 2 N–H and O–H groups in total. The number of aliphatic carboxylic acids is 1. The fourth-order valence-corrected chi connectivity index (χ4v) is 1.97. The molecule has 1 rings (SSSR count). The Bertz CT molecular complexity index is 466. The Morgan fingerprint density at radius 2 is 2.00 bits per heavy atom. The van der Waals surface area contributed by atoms with Gasteiger partial charge in [-0.2, -0.15) is 0 Å². The molecule has 0 aromatic heterocycles. The predicted octanol–water partition coefficient (Wildman–Crippen LogP) is 1.54. The van der Waals surface area contributed by atoms with Crippen molar-refractivity contribution in [1.29, 1.82) is 0 Å². The van der Waals surface area contributed by atoms with Crippen LogP contribution >= 0.6 is 0 Å². The molecule has 0 radical (unpaired) electrons. The van der Waals surface area contributed by atoms with Crippen molar-refractivity contribution < 1.29 is 19.4 Å². The fraction of sp³-hybridized carbons (Fsp3) is 0.500. The predicted molar refractivity (Wildman–Crippen MR) is 74.2 cm³/mol. The summed E-state index contributed by atoms with van der Waals surface area (Å²) in [5, 5.41) is 18.8. The van der Waals surface area contributed by atoms with Gasteiger partial charge >= 0.3 is 5.97 Å². The van der Waals surface area contributed by atoms with Crippen molar-refractivity contribution in [3.63, 3.8) is 0 Å². The van der Waals surface area contributed by atoms with Crippen LogP contribution in [0.2, 0.25) is 0 Å². The number of carboxylic acid groups (broad SMARTS) is 1. The summed E-state index contributed by atoms with van der Waals surface area (Å²) in [6.45, 7) is 2.78. The van der Waals surface area contributed by atoms with Crippen molar-refractivity contribution in [2.45, 2.75) is 13.0 Å². The molecule has 0 saturated heterocycles. The summed E-state index contributed by atoms with van der Waals surface area (Å²) in [5.41, 5.74) is 0.394. The highest BCUT2D eigenvalue weighted by atomic mass is 19.1. The van der Waals surface area contributed by atoms with Gasteiger partial charge in [0.1, 0.15) is 11.6 Å². The van der Waals surface area contributed by atoms with Crippen LogP contribution < -0.4 is 0 Å². The first-order valence-corrected chi connectivity index (χ1v) is 6.40. The molecular formula is C14H21FN2O3. The topological polar surface area (TPSA) is 64.0 Å². The molecule has 0 aliphatic carbocycles. The van der Waals surface area contributed by atoms with E-state index in [0.717, 1.165) is 0 Å². The van der Waals surface area contributed by atoms with Gasteiger partial charge in [0.05, 0.1) is 6.54 Å². The molecule has 1 aromatic rings. The molecule has 0 heterocycles. The zero-order chi connectivity index (χ0) is 15.3. The minimum absolute atomic E-state index is 0.0286. The molecule has 0 aliphatic heterocycles. The maximum absolute atomic E-state index is 13.3. The normalized spacial score (nSPS) is 12.9. The molecule has 0 amide bonds. The van der Waals surface area contributed by atoms with Crippen LogP contribution in [0.5, 0.6) is 5.75 Å². The Morgan fingerprint density at radius 1 is 1.35 bits per heavy atom. The quantitative estimate of drug-likeness (QED) is 0.795. The van der Waals surface area contributed by atoms with Gasteiger partial charge in [-0.1, -0.05) is 0 Å². The highest BCUT2D eigenvalue weighted by Gasteiger charge is 2.21. The molecule has 0 spiro atoms. The van der Waals surface area contributed by atoms with Crippen LogP contribution in [0.15, 0.2) is 18.2 Å². The zero-order valence-electron chi connectivity index (χ0n) is 12.0. The van der Waals surface area contributed by atoms with Gasteiger partial charge in [0, 0.05) is 24.7 Å². The molecule has 6 heteroatoms. The number of likely N-dealkylation sites (N-methyl/N-ethyl adjacent to an activating group) is 1. The van der Waals surface area contributed by atoms with E-state index in [1.165, 1.54) is 18.2 Å². The second-order valence-corrected chi connectivity index (χ2v) is 5.05. The van der Waals surface area contributed by atoms with E-state index < -0.39 is 11.8 Å². The number of nitrogens with zero attached hydrogens (tertiary/aromatic N) is 2. The van der Waals surface area contributed by atoms with Crippen molar-refractivity contribution in [3.05, 3.63) is 29.6 Å². The highest BCUT2D eigenvalue weighted by molar-refractivity contribution is 5.69. The average molecular weight is 284 g/mol. The van der Waals surface area contributed by atoms with E-state index in [1.807, 2.05) is 19.0 Å². The number of phenols is 1. The molecule has 1 aromatic carbocycles. The van der Waals surface area contributed by atoms with E-state index in [4.69, 9.17) is 5.11 Å². The first-order chi connectivity index (χ1) is 9.31. The van der Waals surface area contributed by atoms with Crippen LogP contribution in [-0.2, 0) is 4.79 Å². The van der Waals surface area contributed by atoms with Gasteiger partial charge in [-0.15, -0.1) is 0 Å². The molecule has 1 unspecified atom stereocenters. The summed E-state index contributed by atoms with van der Waals surface area (Å²) in [4.78, 5) is 14.6. The van der Waals surface area contributed by atoms with Crippen LogP contribution in [0.4, 0.5) is 4.39 Å². The average Bonchev–Trinajstić information content (AvgIpc) is 2.36. The van der Waals surface area contributed by atoms with E-state index in [0.29, 0.717) is 18.7 Å². The summed E-state index contributed by atoms with van der Waals surface area (Å²) >= 11 is 0. The van der Waals surface area contributed by atoms with Crippen molar-refractivity contribution >= 4 is 5.97 Å². The van der Waals surface area contributed by atoms with Gasteiger partial charge in [0.2, 0.25) is 0 Å². The number of carbonyl (C=O) groups is 1. The van der Waals surface area contributed by atoms with Crippen molar-refractivity contribution in [2.75, 3.05) is 33.7 Å². The largest absolute Gasteiger partial charge is 0.508 e. The number of rotatable bonds is 7. The summed E-state index contributed by atoms with van der Waals surface area (Å²) in [6.07, 6.45) is 0. The monoisotopic (exact) mass is 284 g/mol. The third kappa shape index (κ3) is 4.79. The number of benzene rings is 1. The standard InChI is InChI=1S/C14H21FN2O3/c1-10(12-8-11(15)4-5-13(12)18)17(9-14(19)20)7-6-16(2)3/h4-5,8,10,18H,6-7,9H2,1-3H3,(H,19,20). The van der Waals surface area contributed by atoms with Gasteiger partial charge in [-0.05, 0) is 39.2 Å². The molecule has 0 saturated carbocycles. The molecule has 0 fully saturated rings. The highest BCUT2D eigenvalue weighted by Crippen LogP contribution is 2.28. The Kier molecular flexibility index (Phi) is 5.91. The number of carboxylic acids is 1. The third-order valence-corrected chi connectivity index (χ3v) is 3.16. The Hall–Kier alpha value is -1.66. The smallest absolute Gasteiger partial charge is 0.317 e. The fourth-order valence-electron chi connectivity index (χ4n) is 1.97. The SMILES string of the molecule is CC(c1cc(F)ccc1O)N(CCN(C)C)CC(=O)O. The lowest BCUT2D eigenvalue weighted by Crippen LogP contribution is -2.37. The molecule has 5 nitrogen and oxygen atoms in total. The minimum Gasteiger partial charge on any atom is -0.508 e. The maximum Gasteiger partial charge on any atom is 0.317 e. The molecule has 1 atom stereocenters. The Morgan fingerprint density at radius 3 is 2.55 bits per heavy atom. The van der Waals surface area contributed by atoms with Crippen molar-refractivity contribution in [1.82, 2.24) is 9.80 Å². The number of phenolic OH excluding ortho intramolecular Hbond substituents is 1. The first-order valence-electron chi connectivity index (χ1n) is 6.40. The Labute approximate surface area is 118 Å². The van der Waals surface area contributed by atoms with Gasteiger partial charge in [-0.25, -0.2) is 4.39 Å². The second-order valence-electron chi connectivity index (χ2n) is 5.05. The molecule has 112 valence electrons. The summed E-state index contributed by atoms with van der Waals surface area (Å²) in [7, 11) is 3.78. The van der Waals surface area contributed by atoms with Gasteiger partial charge in [-0.3, -0.25) is 9.69 Å². The summed E-state index contributed by atoms with van der Waals surface area (Å²) in [5.74, 6) is -1.43. The van der Waals surface area contributed by atoms with Crippen molar-refractivity contribution in [3.8, 4) is 5.75 Å². The Balaban J connectivity index is 2.93. The van der Waals surface area contributed by atoms with Crippen LogP contribution in [-0.4, -0.2) is 59.7 Å². The maximum atomic E-state index is 13.3. The van der Waals surface area contributed by atoms with Crippen molar-refractivity contribution in [2.24, 2.45) is 0 Å². The molecule has 20 heavy (non-hydrogen) atoms. The number of hydrogen-bond donors (Lipinski definition) is 2. The lowest BCUT2D eigenvalue weighted by atomic mass is 10.1. The van der Waals surface area contributed by atoms with Gasteiger partial charge in [0.15, 0.2) is 0 Å². The molecular weight excluding hydrogens is 263 g/mol. The number of halogens is 1. The van der Waals surface area contributed by atoms with Crippen LogP contribution in [0, 0.1) is 5.82 Å². The number of hydrogen-bond acceptors (Lipinski definition) is 4. The lowest BCUT2D eigenvalue weighted by Gasteiger charge is -2.29. The lowest BCUT2D eigenvalue weighted by molar-refractivity contribution is -0.139. The van der Waals surface area contributed by atoms with Crippen LogP contribution in [0.1, 0.15) is 18.5 Å². The molecule has 0 aliphatic rings. The molecule has 0 bridgehead atoms. The second kappa shape index (κ2) is 7.21. The first kappa shape index (κ1) is 16.4. The van der Waals surface area contributed by atoms with E-state index in [1.54, 1.807) is 11.8 Å². The van der Waals surface area contributed by atoms with Gasteiger partial charge in [0.25, 0.3) is 0 Å².